The molecule has 6 heteroatoms. The number of aryl methyl sites for hydroxylation is 1. The highest BCUT2D eigenvalue weighted by atomic mass is 35.5. The van der Waals surface area contributed by atoms with Gasteiger partial charge in [0.25, 0.3) is 0 Å². The van der Waals surface area contributed by atoms with Crippen LogP contribution in [0.15, 0.2) is 18.2 Å². The molecule has 0 aromatic heterocycles. The van der Waals surface area contributed by atoms with Crippen molar-refractivity contribution in [1.82, 2.24) is 4.90 Å². The number of likely N-dealkylation sites (tertiary alicyclic amines) is 1. The maximum atomic E-state index is 12.0. The Hall–Kier alpha value is -1.75. The lowest BCUT2D eigenvalue weighted by molar-refractivity contribution is -0.141. The smallest absolute Gasteiger partial charge is 0.321 e. The van der Waals surface area contributed by atoms with Gasteiger partial charge in [-0.15, -0.1) is 0 Å². The number of nitrogens with one attached hydrogen (secondary N) is 1. The monoisotopic (exact) mass is 282 g/mol. The van der Waals surface area contributed by atoms with Gasteiger partial charge in [0.15, 0.2) is 0 Å². The van der Waals surface area contributed by atoms with Crippen LogP contribution in [-0.2, 0) is 4.79 Å². The third kappa shape index (κ3) is 3.17. The Morgan fingerprint density at radius 1 is 1.47 bits per heavy atom. The Bertz CT molecular complexity index is 519. The molecular formula is C13H15ClN2O3. The van der Waals surface area contributed by atoms with Crippen molar-refractivity contribution in [3.8, 4) is 0 Å². The van der Waals surface area contributed by atoms with E-state index in [9.17, 15) is 9.59 Å². The summed E-state index contributed by atoms with van der Waals surface area (Å²) in [7, 11) is 0. The summed E-state index contributed by atoms with van der Waals surface area (Å²) in [6.45, 7) is 2.59. The first-order valence-electron chi connectivity index (χ1n) is 6.02. The first kappa shape index (κ1) is 13.7. The average Bonchev–Trinajstić information content (AvgIpc) is 2.83. The van der Waals surface area contributed by atoms with Crippen LogP contribution in [0.1, 0.15) is 12.0 Å². The number of amides is 2. The molecule has 0 aliphatic carbocycles. The summed E-state index contributed by atoms with van der Waals surface area (Å²) in [6.07, 6.45) is 0.497. The number of hydrogen-bond acceptors (Lipinski definition) is 2. The minimum atomic E-state index is -0.853. The summed E-state index contributed by atoms with van der Waals surface area (Å²) < 4.78 is 0. The molecule has 0 bridgehead atoms. The fourth-order valence-electron chi connectivity index (χ4n) is 2.02. The molecule has 0 radical (unpaired) electrons. The molecule has 5 nitrogen and oxygen atoms in total. The van der Waals surface area contributed by atoms with Crippen LogP contribution in [0, 0.1) is 12.8 Å². The lowest BCUT2D eigenvalue weighted by Gasteiger charge is -2.17. The van der Waals surface area contributed by atoms with Crippen LogP contribution in [0.2, 0.25) is 5.02 Å². The molecular weight excluding hydrogens is 268 g/mol. The molecule has 2 amide bonds. The quantitative estimate of drug-likeness (QED) is 0.876. The normalized spacial score (nSPS) is 18.4. The third-order valence-corrected chi connectivity index (χ3v) is 3.66. The lowest BCUT2D eigenvalue weighted by atomic mass is 10.1. The molecule has 1 aromatic rings. The standard InChI is InChI=1S/C13H15ClN2O3/c1-8-2-3-10(6-11(8)14)15-13(19)16-5-4-9(7-16)12(17)18/h2-3,6,9H,4-5,7H2,1H3,(H,15,19)(H,17,18). The molecule has 1 atom stereocenters. The molecule has 2 rings (SSSR count). The predicted molar refractivity (Wildman–Crippen MR) is 72.5 cm³/mol. The van der Waals surface area contributed by atoms with E-state index < -0.39 is 11.9 Å². The number of carbonyl (C=O) groups is 2. The van der Waals surface area contributed by atoms with E-state index >= 15 is 0 Å². The highest BCUT2D eigenvalue weighted by Crippen LogP contribution is 2.22. The summed E-state index contributed by atoms with van der Waals surface area (Å²) in [5.41, 5.74) is 1.55. The predicted octanol–water partition coefficient (Wildman–Crippen LogP) is 2.59. The zero-order valence-electron chi connectivity index (χ0n) is 10.5. The molecule has 1 heterocycles. The zero-order valence-corrected chi connectivity index (χ0v) is 11.3. The van der Waals surface area contributed by atoms with Crippen molar-refractivity contribution in [2.45, 2.75) is 13.3 Å². The number of carbonyl (C=O) groups excluding carboxylic acids is 1. The van der Waals surface area contributed by atoms with Gasteiger partial charge in [0.05, 0.1) is 5.92 Å². The maximum absolute atomic E-state index is 12.0. The summed E-state index contributed by atoms with van der Waals surface area (Å²) >= 11 is 5.98. The molecule has 1 fully saturated rings. The SMILES string of the molecule is Cc1ccc(NC(=O)N2CCC(C(=O)O)C2)cc1Cl. The van der Waals surface area contributed by atoms with Crippen molar-refractivity contribution in [3.63, 3.8) is 0 Å². The number of carboxylic acid groups (broad SMARTS) is 1. The number of urea groups is 1. The number of nitrogens with zero attached hydrogens (tertiary/aromatic N) is 1. The summed E-state index contributed by atoms with van der Waals surface area (Å²) in [6, 6.07) is 4.98. The lowest BCUT2D eigenvalue weighted by Crippen LogP contribution is -2.33. The Balaban J connectivity index is 1.98. The van der Waals surface area contributed by atoms with E-state index in [1.807, 2.05) is 13.0 Å². The van der Waals surface area contributed by atoms with E-state index in [0.29, 0.717) is 23.7 Å². The van der Waals surface area contributed by atoms with Crippen LogP contribution >= 0.6 is 11.6 Å². The average molecular weight is 283 g/mol. The van der Waals surface area contributed by atoms with Gasteiger partial charge in [-0.3, -0.25) is 4.79 Å². The number of hydrogen-bond donors (Lipinski definition) is 2. The van der Waals surface area contributed by atoms with Gasteiger partial charge in [0.1, 0.15) is 0 Å². The summed E-state index contributed by atoms with van der Waals surface area (Å²) in [5, 5.41) is 12.2. The molecule has 1 aliphatic rings. The second-order valence-corrected chi connectivity index (χ2v) is 5.07. The van der Waals surface area contributed by atoms with E-state index in [2.05, 4.69) is 5.32 Å². The van der Waals surface area contributed by atoms with Crippen LogP contribution in [0.25, 0.3) is 0 Å². The highest BCUT2D eigenvalue weighted by molar-refractivity contribution is 6.31. The topological polar surface area (TPSA) is 69.6 Å². The Labute approximate surface area is 116 Å². The molecule has 1 unspecified atom stereocenters. The second-order valence-electron chi connectivity index (χ2n) is 4.66. The van der Waals surface area contributed by atoms with Crippen molar-refractivity contribution in [1.29, 1.82) is 0 Å². The van der Waals surface area contributed by atoms with Gasteiger partial charge >= 0.3 is 12.0 Å². The van der Waals surface area contributed by atoms with E-state index in [1.165, 1.54) is 4.90 Å². The molecule has 0 saturated carbocycles. The minimum absolute atomic E-state index is 0.251. The highest BCUT2D eigenvalue weighted by Gasteiger charge is 2.30. The van der Waals surface area contributed by atoms with E-state index in [1.54, 1.807) is 12.1 Å². The van der Waals surface area contributed by atoms with Crippen LogP contribution in [0.3, 0.4) is 0 Å². The molecule has 0 spiro atoms. The van der Waals surface area contributed by atoms with Gasteiger partial charge in [-0.25, -0.2) is 4.79 Å². The van der Waals surface area contributed by atoms with E-state index in [-0.39, 0.29) is 12.6 Å². The van der Waals surface area contributed by atoms with Crippen molar-refractivity contribution in [2.24, 2.45) is 5.92 Å². The number of anilines is 1. The van der Waals surface area contributed by atoms with Crippen LogP contribution in [0.4, 0.5) is 10.5 Å². The molecule has 1 saturated heterocycles. The molecule has 2 N–H and O–H groups in total. The summed E-state index contributed by atoms with van der Waals surface area (Å²) in [4.78, 5) is 24.3. The largest absolute Gasteiger partial charge is 0.481 e. The molecule has 19 heavy (non-hydrogen) atoms. The number of halogens is 1. The third-order valence-electron chi connectivity index (χ3n) is 3.25. The van der Waals surface area contributed by atoms with Crippen molar-refractivity contribution in [2.75, 3.05) is 18.4 Å². The van der Waals surface area contributed by atoms with Crippen molar-refractivity contribution < 1.29 is 14.7 Å². The molecule has 102 valence electrons. The van der Waals surface area contributed by atoms with Crippen molar-refractivity contribution >= 4 is 29.3 Å². The Morgan fingerprint density at radius 3 is 2.79 bits per heavy atom. The van der Waals surface area contributed by atoms with E-state index in [0.717, 1.165) is 5.56 Å². The maximum Gasteiger partial charge on any atom is 0.321 e. The van der Waals surface area contributed by atoms with Gasteiger partial charge in [-0.1, -0.05) is 17.7 Å². The van der Waals surface area contributed by atoms with Gasteiger partial charge in [0.2, 0.25) is 0 Å². The Morgan fingerprint density at radius 2 is 2.21 bits per heavy atom. The molecule has 1 aliphatic heterocycles. The second kappa shape index (κ2) is 5.48. The minimum Gasteiger partial charge on any atom is -0.481 e. The van der Waals surface area contributed by atoms with Gasteiger partial charge in [-0.05, 0) is 31.0 Å². The van der Waals surface area contributed by atoms with E-state index in [4.69, 9.17) is 16.7 Å². The van der Waals surface area contributed by atoms with Crippen LogP contribution < -0.4 is 5.32 Å². The van der Waals surface area contributed by atoms with Crippen molar-refractivity contribution in [3.05, 3.63) is 28.8 Å². The van der Waals surface area contributed by atoms with Crippen LogP contribution in [-0.4, -0.2) is 35.1 Å². The number of aliphatic carboxylic acids is 1. The first-order valence-corrected chi connectivity index (χ1v) is 6.40. The Kier molecular flexibility index (Phi) is 3.95. The first-order chi connectivity index (χ1) is 8.97. The fourth-order valence-corrected chi connectivity index (χ4v) is 2.20. The summed E-state index contributed by atoms with van der Waals surface area (Å²) in [5.74, 6) is -1.32. The molecule has 1 aromatic carbocycles. The number of carboxylic acids is 1. The van der Waals surface area contributed by atoms with Gasteiger partial charge < -0.3 is 15.3 Å². The number of benzene rings is 1. The van der Waals surface area contributed by atoms with Gasteiger partial charge in [0, 0.05) is 23.8 Å². The fraction of sp³-hybridized carbons (Fsp3) is 0.385. The zero-order chi connectivity index (χ0) is 14.0. The van der Waals surface area contributed by atoms with Crippen LogP contribution in [0.5, 0.6) is 0 Å². The van der Waals surface area contributed by atoms with Gasteiger partial charge in [-0.2, -0.15) is 0 Å². The number of rotatable bonds is 2.